The van der Waals surface area contributed by atoms with E-state index in [-0.39, 0.29) is 18.7 Å². The lowest BCUT2D eigenvalue weighted by atomic mass is 10.2. The first-order valence-electron chi connectivity index (χ1n) is 3.14. The first-order chi connectivity index (χ1) is 5.09. The standard InChI is InChI=1S/C6H8N2O3/c1-8-5(9)2-4(7-8)3-6(10)11/h2-3H2,1H3,(H,10,11). The van der Waals surface area contributed by atoms with Gasteiger partial charge in [-0.2, -0.15) is 5.10 Å². The van der Waals surface area contributed by atoms with Crippen molar-refractivity contribution in [3.63, 3.8) is 0 Å². The fraction of sp³-hybridized carbons (Fsp3) is 0.500. The van der Waals surface area contributed by atoms with Crippen LogP contribution in [0.3, 0.4) is 0 Å². The molecule has 0 unspecified atom stereocenters. The Morgan fingerprint density at radius 2 is 2.45 bits per heavy atom. The van der Waals surface area contributed by atoms with Crippen LogP contribution in [0, 0.1) is 0 Å². The highest BCUT2D eigenvalue weighted by Gasteiger charge is 2.21. The number of carbonyl (C=O) groups excluding carboxylic acids is 1. The van der Waals surface area contributed by atoms with Crippen LogP contribution in [-0.4, -0.2) is 34.8 Å². The number of carbonyl (C=O) groups is 2. The number of amides is 1. The van der Waals surface area contributed by atoms with E-state index in [1.807, 2.05) is 0 Å². The van der Waals surface area contributed by atoms with Crippen molar-refractivity contribution >= 4 is 17.6 Å². The number of hydrazone groups is 1. The van der Waals surface area contributed by atoms with Gasteiger partial charge in [-0.25, -0.2) is 5.01 Å². The maximum absolute atomic E-state index is 10.8. The Bertz CT molecular complexity index is 234. The maximum Gasteiger partial charge on any atom is 0.309 e. The van der Waals surface area contributed by atoms with Crippen LogP contribution in [0.1, 0.15) is 12.8 Å². The lowest BCUT2D eigenvalue weighted by Crippen LogP contribution is -2.14. The number of carboxylic acids is 1. The summed E-state index contributed by atoms with van der Waals surface area (Å²) in [5.41, 5.74) is 0.421. The second-order valence-corrected chi connectivity index (χ2v) is 2.33. The van der Waals surface area contributed by atoms with E-state index in [1.165, 1.54) is 7.05 Å². The van der Waals surface area contributed by atoms with E-state index >= 15 is 0 Å². The minimum absolute atomic E-state index is 0.142. The van der Waals surface area contributed by atoms with Gasteiger partial charge in [-0.05, 0) is 0 Å². The first-order valence-corrected chi connectivity index (χ1v) is 3.14. The molecule has 0 aromatic rings. The molecule has 0 bridgehead atoms. The number of carboxylic acid groups (broad SMARTS) is 1. The van der Waals surface area contributed by atoms with Gasteiger partial charge in [0.25, 0.3) is 0 Å². The second-order valence-electron chi connectivity index (χ2n) is 2.33. The SMILES string of the molecule is CN1N=C(CC(=O)O)CC1=O. The van der Waals surface area contributed by atoms with Gasteiger partial charge in [0, 0.05) is 7.05 Å². The van der Waals surface area contributed by atoms with E-state index in [9.17, 15) is 9.59 Å². The summed E-state index contributed by atoms with van der Waals surface area (Å²) in [5, 5.41) is 13.2. The number of hydrogen-bond donors (Lipinski definition) is 1. The van der Waals surface area contributed by atoms with Crippen molar-refractivity contribution in [2.45, 2.75) is 12.8 Å². The van der Waals surface area contributed by atoms with Gasteiger partial charge in [-0.3, -0.25) is 9.59 Å². The van der Waals surface area contributed by atoms with E-state index in [1.54, 1.807) is 0 Å². The molecule has 0 aromatic carbocycles. The van der Waals surface area contributed by atoms with Gasteiger partial charge in [0.1, 0.15) is 0 Å². The lowest BCUT2D eigenvalue weighted by Gasteiger charge is -1.98. The smallest absolute Gasteiger partial charge is 0.309 e. The molecule has 5 nitrogen and oxygen atoms in total. The third-order valence-corrected chi connectivity index (χ3v) is 1.36. The third-order valence-electron chi connectivity index (χ3n) is 1.36. The van der Waals surface area contributed by atoms with Crippen molar-refractivity contribution in [2.24, 2.45) is 5.10 Å². The minimum Gasteiger partial charge on any atom is -0.481 e. The van der Waals surface area contributed by atoms with E-state index in [0.717, 1.165) is 5.01 Å². The van der Waals surface area contributed by atoms with E-state index in [4.69, 9.17) is 5.11 Å². The molecule has 60 valence electrons. The zero-order valence-electron chi connectivity index (χ0n) is 6.07. The summed E-state index contributed by atoms with van der Waals surface area (Å²) in [6.07, 6.45) is -0.00111. The van der Waals surface area contributed by atoms with Gasteiger partial charge in [-0.1, -0.05) is 0 Å². The zero-order chi connectivity index (χ0) is 8.43. The number of nitrogens with zero attached hydrogens (tertiary/aromatic N) is 2. The predicted octanol–water partition coefficient (Wildman–Crippen LogP) is -0.321. The van der Waals surface area contributed by atoms with Crippen molar-refractivity contribution in [1.82, 2.24) is 5.01 Å². The third kappa shape index (κ3) is 1.76. The van der Waals surface area contributed by atoms with Crippen molar-refractivity contribution < 1.29 is 14.7 Å². The Hall–Kier alpha value is -1.39. The Labute approximate surface area is 63.3 Å². The van der Waals surface area contributed by atoms with Gasteiger partial charge in [-0.15, -0.1) is 0 Å². The van der Waals surface area contributed by atoms with Crippen molar-refractivity contribution in [1.29, 1.82) is 0 Å². The van der Waals surface area contributed by atoms with Crippen LogP contribution in [-0.2, 0) is 9.59 Å². The molecule has 0 spiro atoms. The molecule has 0 aliphatic carbocycles. The molecule has 0 saturated carbocycles. The van der Waals surface area contributed by atoms with Gasteiger partial charge in [0.15, 0.2) is 0 Å². The van der Waals surface area contributed by atoms with Crippen LogP contribution >= 0.6 is 0 Å². The van der Waals surface area contributed by atoms with Crippen LogP contribution in [0.4, 0.5) is 0 Å². The van der Waals surface area contributed by atoms with Crippen molar-refractivity contribution in [2.75, 3.05) is 7.05 Å². The Balaban J connectivity index is 2.57. The van der Waals surface area contributed by atoms with Gasteiger partial charge in [0.05, 0.1) is 18.6 Å². The minimum atomic E-state index is -0.952. The highest BCUT2D eigenvalue weighted by atomic mass is 16.4. The average Bonchev–Trinajstić information content (AvgIpc) is 2.10. The van der Waals surface area contributed by atoms with Crippen molar-refractivity contribution in [3.05, 3.63) is 0 Å². The topological polar surface area (TPSA) is 70.0 Å². The molecule has 0 fully saturated rings. The summed E-state index contributed by atoms with van der Waals surface area (Å²) >= 11 is 0. The Morgan fingerprint density at radius 1 is 1.82 bits per heavy atom. The summed E-state index contributed by atoms with van der Waals surface area (Å²) < 4.78 is 0. The molecular weight excluding hydrogens is 148 g/mol. The summed E-state index contributed by atoms with van der Waals surface area (Å²) in [6.45, 7) is 0. The largest absolute Gasteiger partial charge is 0.481 e. The van der Waals surface area contributed by atoms with E-state index in [0.29, 0.717) is 5.71 Å². The average molecular weight is 156 g/mol. The number of hydrogen-bond acceptors (Lipinski definition) is 3. The van der Waals surface area contributed by atoms with Crippen LogP contribution in [0.25, 0.3) is 0 Å². The van der Waals surface area contributed by atoms with E-state index < -0.39 is 5.97 Å². The fourth-order valence-corrected chi connectivity index (χ4v) is 0.865. The number of rotatable bonds is 2. The molecule has 1 amide bonds. The molecule has 0 aromatic heterocycles. The van der Waals surface area contributed by atoms with Crippen LogP contribution in [0.5, 0.6) is 0 Å². The van der Waals surface area contributed by atoms with Crippen LogP contribution in [0.15, 0.2) is 5.10 Å². The Kier molecular flexibility index (Phi) is 1.89. The molecule has 0 radical (unpaired) electrons. The molecule has 1 rings (SSSR count). The lowest BCUT2D eigenvalue weighted by molar-refractivity contribution is -0.135. The molecule has 1 N–H and O–H groups in total. The van der Waals surface area contributed by atoms with Gasteiger partial charge < -0.3 is 5.11 Å². The highest BCUT2D eigenvalue weighted by Crippen LogP contribution is 2.07. The van der Waals surface area contributed by atoms with Crippen LogP contribution in [0.2, 0.25) is 0 Å². The zero-order valence-corrected chi connectivity index (χ0v) is 6.07. The summed E-state index contributed by atoms with van der Waals surface area (Å²) in [4.78, 5) is 20.9. The fourth-order valence-electron chi connectivity index (χ4n) is 0.865. The molecule has 1 heterocycles. The monoisotopic (exact) mass is 156 g/mol. The van der Waals surface area contributed by atoms with Crippen LogP contribution < -0.4 is 0 Å². The maximum atomic E-state index is 10.8. The molecule has 5 heteroatoms. The van der Waals surface area contributed by atoms with Gasteiger partial charge in [0.2, 0.25) is 5.91 Å². The normalized spacial score (nSPS) is 17.0. The molecule has 11 heavy (non-hydrogen) atoms. The predicted molar refractivity (Wildman–Crippen MR) is 37.1 cm³/mol. The molecule has 0 saturated heterocycles. The highest BCUT2D eigenvalue weighted by molar-refractivity contribution is 6.10. The van der Waals surface area contributed by atoms with Crippen molar-refractivity contribution in [3.8, 4) is 0 Å². The van der Waals surface area contributed by atoms with Gasteiger partial charge >= 0.3 is 5.97 Å². The molecular formula is C6H8N2O3. The van der Waals surface area contributed by atoms with E-state index in [2.05, 4.69) is 5.10 Å². The summed E-state index contributed by atoms with van der Waals surface area (Å²) in [5.74, 6) is -1.10. The molecule has 0 atom stereocenters. The quantitative estimate of drug-likeness (QED) is 0.595. The second kappa shape index (κ2) is 2.69. The summed E-state index contributed by atoms with van der Waals surface area (Å²) in [7, 11) is 1.51. The first kappa shape index (κ1) is 7.71. The Morgan fingerprint density at radius 3 is 2.82 bits per heavy atom. The molecule has 1 aliphatic heterocycles. The summed E-state index contributed by atoms with van der Waals surface area (Å²) in [6, 6.07) is 0. The molecule has 1 aliphatic rings. The number of aliphatic carboxylic acids is 1.